The Kier molecular flexibility index (Phi) is 6.46. The van der Waals surface area contributed by atoms with Crippen LogP contribution in [0.25, 0.3) is 0 Å². The second-order valence-electron chi connectivity index (χ2n) is 7.60. The van der Waals surface area contributed by atoms with E-state index in [-0.39, 0.29) is 18.1 Å². The van der Waals surface area contributed by atoms with Crippen molar-refractivity contribution in [3.8, 4) is 5.75 Å². The minimum atomic E-state index is -0.437. The van der Waals surface area contributed by atoms with Crippen molar-refractivity contribution in [1.29, 1.82) is 0 Å². The Hall–Kier alpha value is -3.65. The van der Waals surface area contributed by atoms with Crippen molar-refractivity contribution in [3.63, 3.8) is 0 Å². The van der Waals surface area contributed by atoms with Gasteiger partial charge in [-0.2, -0.15) is 5.10 Å². The van der Waals surface area contributed by atoms with Crippen LogP contribution in [0, 0.1) is 26.6 Å². The monoisotopic (exact) mass is 468 g/mol. The van der Waals surface area contributed by atoms with E-state index in [1.165, 1.54) is 12.1 Å². The van der Waals surface area contributed by atoms with E-state index in [2.05, 4.69) is 15.6 Å². The van der Waals surface area contributed by atoms with Gasteiger partial charge in [0.1, 0.15) is 23.9 Å². The van der Waals surface area contributed by atoms with Crippen LogP contribution in [0.15, 0.2) is 53.1 Å². The molecule has 1 N–H and O–H groups in total. The molecule has 2 heterocycles. The number of benzene rings is 2. The number of amides is 1. The summed E-state index contributed by atoms with van der Waals surface area (Å²) in [6, 6.07) is 13.3. The highest BCUT2D eigenvalue weighted by Gasteiger charge is 2.23. The standard InChI is InChI=1S/C24H22ClFN4O3/c1-14-22(15(2)30(28-14)12-17-6-4-8-19(26)10-17)27-24(31)23-21(16(3)33-29-23)13-32-20-9-5-7-18(25)11-20/h4-11H,12-13H2,1-3H3,(H,27,31). The van der Waals surface area contributed by atoms with Crippen LogP contribution in [-0.2, 0) is 13.2 Å². The van der Waals surface area contributed by atoms with Gasteiger partial charge in [-0.05, 0) is 56.7 Å². The maximum atomic E-state index is 13.5. The number of carbonyl (C=O) groups excluding carboxylic acids is 1. The number of aryl methyl sites for hydroxylation is 2. The molecule has 0 saturated heterocycles. The lowest BCUT2D eigenvalue weighted by molar-refractivity contribution is 0.101. The van der Waals surface area contributed by atoms with E-state index in [0.29, 0.717) is 40.0 Å². The average Bonchev–Trinajstić information content (AvgIpc) is 3.26. The molecular formula is C24H22ClFN4O3. The molecule has 0 aliphatic carbocycles. The van der Waals surface area contributed by atoms with E-state index in [0.717, 1.165) is 11.3 Å². The van der Waals surface area contributed by atoms with Gasteiger partial charge in [0.15, 0.2) is 5.69 Å². The highest BCUT2D eigenvalue weighted by Crippen LogP contribution is 2.24. The molecule has 0 radical (unpaired) electrons. The Morgan fingerprint density at radius 2 is 1.97 bits per heavy atom. The first-order valence-electron chi connectivity index (χ1n) is 10.2. The first-order valence-corrected chi connectivity index (χ1v) is 10.6. The van der Waals surface area contributed by atoms with Gasteiger partial charge >= 0.3 is 0 Å². The van der Waals surface area contributed by atoms with Gasteiger partial charge in [0.25, 0.3) is 5.91 Å². The van der Waals surface area contributed by atoms with Crippen LogP contribution in [-0.4, -0.2) is 20.8 Å². The predicted molar refractivity (Wildman–Crippen MR) is 122 cm³/mol. The number of hydrogen-bond acceptors (Lipinski definition) is 5. The Bertz CT molecular complexity index is 1320. The summed E-state index contributed by atoms with van der Waals surface area (Å²) < 4.78 is 26.3. The molecule has 0 unspecified atom stereocenters. The molecule has 9 heteroatoms. The number of hydrogen-bond donors (Lipinski definition) is 1. The van der Waals surface area contributed by atoms with Crippen LogP contribution in [0.5, 0.6) is 5.75 Å². The summed E-state index contributed by atoms with van der Waals surface area (Å²) in [6.45, 7) is 5.82. The van der Waals surface area contributed by atoms with Gasteiger partial charge in [-0.15, -0.1) is 0 Å². The largest absolute Gasteiger partial charge is 0.489 e. The van der Waals surface area contributed by atoms with Crippen LogP contribution in [0.2, 0.25) is 5.02 Å². The molecule has 0 spiro atoms. The zero-order chi connectivity index (χ0) is 23.5. The van der Waals surface area contributed by atoms with Crippen LogP contribution in [0.1, 0.15) is 38.8 Å². The third kappa shape index (κ3) is 5.06. The Labute approximate surface area is 195 Å². The molecule has 1 amide bonds. The quantitative estimate of drug-likeness (QED) is 0.389. The molecule has 7 nitrogen and oxygen atoms in total. The van der Waals surface area contributed by atoms with Crippen LogP contribution < -0.4 is 10.1 Å². The lowest BCUT2D eigenvalue weighted by Crippen LogP contribution is -2.16. The fraction of sp³-hybridized carbons (Fsp3) is 0.208. The topological polar surface area (TPSA) is 82.2 Å². The zero-order valence-corrected chi connectivity index (χ0v) is 19.1. The summed E-state index contributed by atoms with van der Waals surface area (Å²) in [5, 5.41) is 11.8. The summed E-state index contributed by atoms with van der Waals surface area (Å²) in [5.74, 6) is 0.307. The number of rotatable bonds is 7. The molecule has 0 aliphatic heterocycles. The van der Waals surface area contributed by atoms with Crippen molar-refractivity contribution < 1.29 is 18.4 Å². The van der Waals surface area contributed by atoms with E-state index in [1.807, 2.05) is 13.0 Å². The normalized spacial score (nSPS) is 10.9. The van der Waals surface area contributed by atoms with Crippen molar-refractivity contribution in [2.75, 3.05) is 5.32 Å². The third-order valence-corrected chi connectivity index (χ3v) is 5.46. The third-order valence-electron chi connectivity index (χ3n) is 5.22. The second-order valence-corrected chi connectivity index (χ2v) is 8.04. The van der Waals surface area contributed by atoms with Crippen LogP contribution >= 0.6 is 11.6 Å². The number of ether oxygens (including phenoxy) is 1. The van der Waals surface area contributed by atoms with Gasteiger partial charge in [0.05, 0.1) is 29.2 Å². The zero-order valence-electron chi connectivity index (χ0n) is 18.4. The van der Waals surface area contributed by atoms with E-state index in [4.69, 9.17) is 20.9 Å². The second kappa shape index (κ2) is 9.46. The van der Waals surface area contributed by atoms with E-state index >= 15 is 0 Å². The van der Waals surface area contributed by atoms with Crippen molar-refractivity contribution >= 4 is 23.2 Å². The molecule has 0 bridgehead atoms. The van der Waals surface area contributed by atoms with E-state index in [9.17, 15) is 9.18 Å². The van der Waals surface area contributed by atoms with Crippen LogP contribution in [0.4, 0.5) is 10.1 Å². The molecule has 0 atom stereocenters. The maximum absolute atomic E-state index is 13.5. The van der Waals surface area contributed by atoms with Gasteiger partial charge < -0.3 is 14.6 Å². The summed E-state index contributed by atoms with van der Waals surface area (Å²) in [5.41, 5.74) is 3.38. The molecule has 0 saturated carbocycles. The lowest BCUT2D eigenvalue weighted by atomic mass is 10.2. The summed E-state index contributed by atoms with van der Waals surface area (Å²) in [7, 11) is 0. The Morgan fingerprint density at radius 3 is 2.73 bits per heavy atom. The Balaban J connectivity index is 1.51. The van der Waals surface area contributed by atoms with Gasteiger partial charge in [-0.1, -0.05) is 35.0 Å². The predicted octanol–water partition coefficient (Wildman–Crippen LogP) is 5.47. The number of anilines is 1. The molecule has 170 valence electrons. The summed E-state index contributed by atoms with van der Waals surface area (Å²) in [6.07, 6.45) is 0. The summed E-state index contributed by atoms with van der Waals surface area (Å²) >= 11 is 6.00. The number of nitrogens with zero attached hydrogens (tertiary/aromatic N) is 3. The molecule has 33 heavy (non-hydrogen) atoms. The van der Waals surface area contributed by atoms with Gasteiger partial charge in [-0.25, -0.2) is 4.39 Å². The minimum absolute atomic E-state index is 0.0925. The van der Waals surface area contributed by atoms with Crippen molar-refractivity contribution in [2.24, 2.45) is 0 Å². The molecule has 4 aromatic rings. The first kappa shape index (κ1) is 22.5. The number of aromatic nitrogens is 3. The van der Waals surface area contributed by atoms with Gasteiger partial charge in [0.2, 0.25) is 0 Å². The highest BCUT2D eigenvalue weighted by molar-refractivity contribution is 6.30. The molecule has 2 aromatic carbocycles. The van der Waals surface area contributed by atoms with Crippen molar-refractivity contribution in [1.82, 2.24) is 14.9 Å². The molecule has 0 fully saturated rings. The summed E-state index contributed by atoms with van der Waals surface area (Å²) in [4.78, 5) is 13.0. The first-order chi connectivity index (χ1) is 15.8. The SMILES string of the molecule is Cc1nn(Cc2cccc(F)c2)c(C)c1NC(=O)c1noc(C)c1COc1cccc(Cl)c1. The van der Waals surface area contributed by atoms with E-state index in [1.54, 1.807) is 48.9 Å². The van der Waals surface area contributed by atoms with Gasteiger partial charge in [0, 0.05) is 5.02 Å². The van der Waals surface area contributed by atoms with Crippen LogP contribution in [0.3, 0.4) is 0 Å². The van der Waals surface area contributed by atoms with Gasteiger partial charge in [-0.3, -0.25) is 9.48 Å². The maximum Gasteiger partial charge on any atom is 0.278 e. The Morgan fingerprint density at radius 1 is 1.18 bits per heavy atom. The van der Waals surface area contributed by atoms with E-state index < -0.39 is 5.91 Å². The molecule has 0 aliphatic rings. The molecular weight excluding hydrogens is 447 g/mol. The number of nitrogens with one attached hydrogen (secondary N) is 1. The van der Waals surface area contributed by atoms with Crippen molar-refractivity contribution in [3.05, 3.63) is 93.3 Å². The fourth-order valence-electron chi connectivity index (χ4n) is 3.46. The minimum Gasteiger partial charge on any atom is -0.489 e. The fourth-order valence-corrected chi connectivity index (χ4v) is 3.64. The molecule has 4 rings (SSSR count). The smallest absolute Gasteiger partial charge is 0.278 e. The highest BCUT2D eigenvalue weighted by atomic mass is 35.5. The molecule has 2 aromatic heterocycles. The number of halogens is 2. The number of carbonyl (C=O) groups is 1. The van der Waals surface area contributed by atoms with Crippen molar-refractivity contribution in [2.45, 2.75) is 33.9 Å². The average molecular weight is 469 g/mol. The lowest BCUT2D eigenvalue weighted by Gasteiger charge is -2.09.